The number of carbonyl (C=O) groups excluding carboxylic acids is 1. The SMILES string of the molecule is COc1cc(NC(=O)N[C@@H]2COC[C@H]2N2CCCC2)cc(-n2cnnn2)c1. The lowest BCUT2D eigenvalue weighted by Crippen LogP contribution is -2.51. The van der Waals surface area contributed by atoms with Gasteiger partial charge in [0, 0.05) is 17.8 Å². The van der Waals surface area contributed by atoms with Crippen LogP contribution in [0, 0.1) is 0 Å². The van der Waals surface area contributed by atoms with E-state index < -0.39 is 0 Å². The first kappa shape index (κ1) is 17.7. The molecule has 10 heteroatoms. The number of carbonyl (C=O) groups is 1. The summed E-state index contributed by atoms with van der Waals surface area (Å²) < 4.78 is 12.4. The van der Waals surface area contributed by atoms with Crippen LogP contribution in [-0.4, -0.2) is 76.6 Å². The predicted octanol–water partition coefficient (Wildman–Crippen LogP) is 0.656. The highest BCUT2D eigenvalue weighted by Crippen LogP contribution is 2.23. The molecule has 2 fully saturated rings. The van der Waals surface area contributed by atoms with Crippen molar-refractivity contribution < 1.29 is 14.3 Å². The molecule has 10 nitrogen and oxygen atoms in total. The largest absolute Gasteiger partial charge is 0.497 e. The van der Waals surface area contributed by atoms with Gasteiger partial charge in [-0.3, -0.25) is 4.90 Å². The first-order chi connectivity index (χ1) is 13.2. The highest BCUT2D eigenvalue weighted by molar-refractivity contribution is 5.90. The zero-order valence-electron chi connectivity index (χ0n) is 15.2. The van der Waals surface area contributed by atoms with E-state index >= 15 is 0 Å². The third-order valence-electron chi connectivity index (χ3n) is 4.98. The number of likely N-dealkylation sites (tertiary alicyclic amines) is 1. The summed E-state index contributed by atoms with van der Waals surface area (Å²) in [7, 11) is 1.57. The van der Waals surface area contributed by atoms with Gasteiger partial charge in [0.2, 0.25) is 0 Å². The van der Waals surface area contributed by atoms with Crippen molar-refractivity contribution in [3.8, 4) is 11.4 Å². The molecule has 2 amide bonds. The third-order valence-corrected chi connectivity index (χ3v) is 4.98. The van der Waals surface area contributed by atoms with Crippen molar-refractivity contribution >= 4 is 11.7 Å². The van der Waals surface area contributed by atoms with Gasteiger partial charge in [-0.2, -0.15) is 0 Å². The van der Waals surface area contributed by atoms with Crippen LogP contribution in [-0.2, 0) is 4.74 Å². The molecule has 4 rings (SSSR count). The van der Waals surface area contributed by atoms with E-state index in [1.165, 1.54) is 23.9 Å². The number of hydrogen-bond acceptors (Lipinski definition) is 7. The molecule has 0 radical (unpaired) electrons. The molecule has 2 aliphatic heterocycles. The molecule has 1 aromatic heterocycles. The summed E-state index contributed by atoms with van der Waals surface area (Å²) in [6.45, 7) is 3.33. The highest BCUT2D eigenvalue weighted by atomic mass is 16.5. The van der Waals surface area contributed by atoms with Crippen molar-refractivity contribution in [1.29, 1.82) is 0 Å². The number of amides is 2. The molecule has 2 N–H and O–H groups in total. The van der Waals surface area contributed by atoms with E-state index in [0.29, 0.717) is 30.3 Å². The number of methoxy groups -OCH3 is 1. The summed E-state index contributed by atoms with van der Waals surface area (Å²) in [5, 5.41) is 17.0. The zero-order chi connectivity index (χ0) is 18.6. The summed E-state index contributed by atoms with van der Waals surface area (Å²) in [6, 6.07) is 5.25. The Bertz CT molecular complexity index is 777. The highest BCUT2D eigenvalue weighted by Gasteiger charge is 2.35. The molecule has 0 aliphatic carbocycles. The van der Waals surface area contributed by atoms with Crippen molar-refractivity contribution in [3.63, 3.8) is 0 Å². The number of hydrogen-bond donors (Lipinski definition) is 2. The summed E-state index contributed by atoms with van der Waals surface area (Å²) in [4.78, 5) is 14.9. The van der Waals surface area contributed by atoms with Crippen LogP contribution in [0.2, 0.25) is 0 Å². The van der Waals surface area contributed by atoms with Gasteiger partial charge in [-0.05, 0) is 42.4 Å². The van der Waals surface area contributed by atoms with Gasteiger partial charge < -0.3 is 20.1 Å². The Labute approximate surface area is 156 Å². The summed E-state index contributed by atoms with van der Waals surface area (Å²) >= 11 is 0. The van der Waals surface area contributed by atoms with Gasteiger partial charge in [0.15, 0.2) is 0 Å². The molecule has 2 aliphatic rings. The fourth-order valence-electron chi connectivity index (χ4n) is 3.63. The minimum absolute atomic E-state index is 0.0207. The van der Waals surface area contributed by atoms with Gasteiger partial charge >= 0.3 is 6.03 Å². The van der Waals surface area contributed by atoms with E-state index in [2.05, 4.69) is 31.1 Å². The van der Waals surface area contributed by atoms with Crippen molar-refractivity contribution in [1.82, 2.24) is 30.4 Å². The van der Waals surface area contributed by atoms with Crippen LogP contribution in [0.1, 0.15) is 12.8 Å². The number of nitrogens with one attached hydrogen (secondary N) is 2. The Hall–Kier alpha value is -2.72. The van der Waals surface area contributed by atoms with E-state index in [1.807, 2.05) is 0 Å². The van der Waals surface area contributed by atoms with E-state index in [1.54, 1.807) is 25.3 Å². The number of ether oxygens (including phenoxy) is 2. The average Bonchev–Trinajstić information content (AvgIpc) is 3.42. The molecule has 1 aromatic carbocycles. The monoisotopic (exact) mass is 373 g/mol. The topological polar surface area (TPSA) is 106 Å². The number of rotatable bonds is 5. The molecule has 0 unspecified atom stereocenters. The Morgan fingerprint density at radius 1 is 1.26 bits per heavy atom. The van der Waals surface area contributed by atoms with E-state index in [9.17, 15) is 4.79 Å². The maximum Gasteiger partial charge on any atom is 0.319 e. The standard InChI is InChI=1S/C17H23N7O3/c1-26-14-7-12(6-13(8-14)24-11-18-21-22-24)19-17(25)20-15-9-27-10-16(15)23-4-2-3-5-23/h6-8,11,15-16H,2-5,9-10H2,1H3,(H2,19,20,25)/t15-,16-/m1/s1. The quantitative estimate of drug-likeness (QED) is 0.793. The first-order valence-corrected chi connectivity index (χ1v) is 9.05. The fourth-order valence-corrected chi connectivity index (χ4v) is 3.63. The van der Waals surface area contributed by atoms with Gasteiger partial charge in [0.1, 0.15) is 12.1 Å². The van der Waals surface area contributed by atoms with Crippen molar-refractivity contribution in [2.24, 2.45) is 0 Å². The summed E-state index contributed by atoms with van der Waals surface area (Å²) in [5.41, 5.74) is 1.28. The molecule has 3 heterocycles. The Morgan fingerprint density at radius 3 is 2.85 bits per heavy atom. The average molecular weight is 373 g/mol. The first-order valence-electron chi connectivity index (χ1n) is 9.05. The molecule has 2 atom stereocenters. The van der Waals surface area contributed by atoms with Gasteiger partial charge in [0.25, 0.3) is 0 Å². The molecule has 2 aromatic rings. The zero-order valence-corrected chi connectivity index (χ0v) is 15.2. The minimum atomic E-state index is -0.273. The number of benzene rings is 1. The van der Waals surface area contributed by atoms with Crippen molar-refractivity contribution in [2.75, 3.05) is 38.7 Å². The Morgan fingerprint density at radius 2 is 2.11 bits per heavy atom. The number of nitrogens with zero attached hydrogens (tertiary/aromatic N) is 5. The van der Waals surface area contributed by atoms with Crippen LogP contribution in [0.3, 0.4) is 0 Å². The molecule has 0 saturated carbocycles. The summed E-state index contributed by atoms with van der Waals surface area (Å²) in [6.07, 6.45) is 3.90. The lowest BCUT2D eigenvalue weighted by molar-refractivity contribution is 0.159. The number of tetrazole rings is 1. The van der Waals surface area contributed by atoms with Crippen molar-refractivity contribution in [2.45, 2.75) is 24.9 Å². The molecular weight excluding hydrogens is 350 g/mol. The molecule has 0 bridgehead atoms. The number of anilines is 1. The molecular formula is C17H23N7O3. The Kier molecular flexibility index (Phi) is 5.16. The van der Waals surface area contributed by atoms with Gasteiger partial charge in [0.05, 0.1) is 38.1 Å². The van der Waals surface area contributed by atoms with Crippen LogP contribution >= 0.6 is 0 Å². The molecule has 2 saturated heterocycles. The van der Waals surface area contributed by atoms with Gasteiger partial charge in [-0.1, -0.05) is 0 Å². The smallest absolute Gasteiger partial charge is 0.319 e. The van der Waals surface area contributed by atoms with E-state index in [-0.39, 0.29) is 18.1 Å². The third kappa shape index (κ3) is 4.01. The van der Waals surface area contributed by atoms with E-state index in [4.69, 9.17) is 9.47 Å². The van der Waals surface area contributed by atoms with Crippen LogP contribution in [0.15, 0.2) is 24.5 Å². The van der Waals surface area contributed by atoms with Crippen LogP contribution in [0.25, 0.3) is 5.69 Å². The van der Waals surface area contributed by atoms with Crippen LogP contribution in [0.5, 0.6) is 5.75 Å². The van der Waals surface area contributed by atoms with E-state index in [0.717, 1.165) is 13.1 Å². The second-order valence-corrected chi connectivity index (χ2v) is 6.73. The molecule has 0 spiro atoms. The van der Waals surface area contributed by atoms with Crippen molar-refractivity contribution in [3.05, 3.63) is 24.5 Å². The van der Waals surface area contributed by atoms with Gasteiger partial charge in [-0.15, -0.1) is 5.10 Å². The maximum absolute atomic E-state index is 12.5. The maximum atomic E-state index is 12.5. The Balaban J connectivity index is 1.44. The summed E-state index contributed by atoms with van der Waals surface area (Å²) in [5.74, 6) is 0.595. The number of aromatic nitrogens is 4. The van der Waals surface area contributed by atoms with Gasteiger partial charge in [-0.25, -0.2) is 9.48 Å². The van der Waals surface area contributed by atoms with Crippen LogP contribution < -0.4 is 15.4 Å². The minimum Gasteiger partial charge on any atom is -0.497 e. The lowest BCUT2D eigenvalue weighted by atomic mass is 10.1. The predicted molar refractivity (Wildman–Crippen MR) is 97.1 cm³/mol. The van der Waals surface area contributed by atoms with Crippen LogP contribution in [0.4, 0.5) is 10.5 Å². The fraction of sp³-hybridized carbons (Fsp3) is 0.529. The lowest BCUT2D eigenvalue weighted by Gasteiger charge is -2.27. The normalized spacial score (nSPS) is 22.7. The molecule has 144 valence electrons. The molecule has 27 heavy (non-hydrogen) atoms. The second kappa shape index (κ2) is 7.89. The number of urea groups is 1. The second-order valence-electron chi connectivity index (χ2n) is 6.73.